The largest absolute Gasteiger partial charge is 0.481 e. The zero-order chi connectivity index (χ0) is 14.6. The minimum Gasteiger partial charge on any atom is -0.481 e. The molecular formula is C11H9BrFNO5. The van der Waals surface area contributed by atoms with Gasteiger partial charge < -0.3 is 15.5 Å². The van der Waals surface area contributed by atoms with Crippen molar-refractivity contribution in [2.45, 2.75) is 12.5 Å². The molecule has 0 aliphatic carbocycles. The monoisotopic (exact) mass is 333 g/mol. The first-order valence-electron chi connectivity index (χ1n) is 5.01. The Hall–Kier alpha value is -1.96. The van der Waals surface area contributed by atoms with Crippen LogP contribution >= 0.6 is 15.9 Å². The quantitative estimate of drug-likeness (QED) is 0.752. The number of rotatable bonds is 5. The smallest absolute Gasteiger partial charge is 0.326 e. The van der Waals surface area contributed by atoms with Crippen LogP contribution in [0, 0.1) is 5.82 Å². The predicted molar refractivity (Wildman–Crippen MR) is 65.2 cm³/mol. The molecule has 1 rings (SSSR count). The van der Waals surface area contributed by atoms with Crippen LogP contribution in [0.1, 0.15) is 16.8 Å². The number of hydrogen-bond acceptors (Lipinski definition) is 3. The van der Waals surface area contributed by atoms with Crippen LogP contribution in [0.3, 0.4) is 0 Å². The first kappa shape index (κ1) is 15.1. The van der Waals surface area contributed by atoms with Crippen LogP contribution in [-0.2, 0) is 9.59 Å². The molecule has 0 saturated carbocycles. The molecule has 3 N–H and O–H groups in total. The second-order valence-electron chi connectivity index (χ2n) is 3.59. The van der Waals surface area contributed by atoms with Gasteiger partial charge in [-0.25, -0.2) is 9.18 Å². The van der Waals surface area contributed by atoms with Gasteiger partial charge in [-0.2, -0.15) is 0 Å². The molecule has 0 fully saturated rings. The summed E-state index contributed by atoms with van der Waals surface area (Å²) in [5.41, 5.74) is -0.114. The van der Waals surface area contributed by atoms with E-state index in [-0.39, 0.29) is 10.0 Å². The number of halogens is 2. The maximum absolute atomic E-state index is 13.0. The number of hydrogen-bond donors (Lipinski definition) is 3. The first-order chi connectivity index (χ1) is 8.81. The van der Waals surface area contributed by atoms with Gasteiger partial charge >= 0.3 is 11.9 Å². The number of carbonyl (C=O) groups is 3. The van der Waals surface area contributed by atoms with E-state index in [1.165, 1.54) is 6.07 Å². The fourth-order valence-corrected chi connectivity index (χ4v) is 1.71. The molecular weight excluding hydrogens is 325 g/mol. The number of nitrogens with one attached hydrogen (secondary N) is 1. The summed E-state index contributed by atoms with van der Waals surface area (Å²) in [5, 5.41) is 19.3. The second-order valence-corrected chi connectivity index (χ2v) is 4.44. The number of carboxylic acids is 2. The van der Waals surface area contributed by atoms with E-state index in [2.05, 4.69) is 15.9 Å². The zero-order valence-corrected chi connectivity index (χ0v) is 11.0. The van der Waals surface area contributed by atoms with Gasteiger partial charge in [-0.1, -0.05) is 0 Å². The van der Waals surface area contributed by atoms with Gasteiger partial charge in [0.25, 0.3) is 5.91 Å². The molecule has 0 spiro atoms. The van der Waals surface area contributed by atoms with E-state index in [1.54, 1.807) is 0 Å². The van der Waals surface area contributed by atoms with E-state index >= 15 is 0 Å². The van der Waals surface area contributed by atoms with Crippen LogP contribution in [0.2, 0.25) is 0 Å². The Morgan fingerprint density at radius 2 is 1.95 bits per heavy atom. The summed E-state index contributed by atoms with van der Waals surface area (Å²) >= 11 is 3.02. The Labute approximate surface area is 115 Å². The highest BCUT2D eigenvalue weighted by Crippen LogP contribution is 2.18. The molecule has 0 aliphatic rings. The Morgan fingerprint density at radius 1 is 1.32 bits per heavy atom. The third-order valence-corrected chi connectivity index (χ3v) is 2.85. The fraction of sp³-hybridized carbons (Fsp3) is 0.182. The maximum atomic E-state index is 13.0. The molecule has 1 amide bonds. The molecule has 6 nitrogen and oxygen atoms in total. The summed E-state index contributed by atoms with van der Waals surface area (Å²) in [6.07, 6.45) is -0.770. The number of benzene rings is 1. The van der Waals surface area contributed by atoms with Gasteiger partial charge in [-0.3, -0.25) is 9.59 Å². The van der Waals surface area contributed by atoms with Crippen LogP contribution < -0.4 is 5.32 Å². The molecule has 0 aliphatic heterocycles. The number of carbonyl (C=O) groups excluding carboxylic acids is 1. The van der Waals surface area contributed by atoms with Crippen LogP contribution in [0.5, 0.6) is 0 Å². The average molecular weight is 334 g/mol. The van der Waals surface area contributed by atoms with E-state index < -0.39 is 36.1 Å². The molecule has 102 valence electrons. The standard InChI is InChI=1S/C11H9BrFNO5/c12-7-2-1-5(13)3-6(7)10(17)14-8(11(18)19)4-9(15)16/h1-3,8H,4H2,(H,14,17)(H,15,16)(H,18,19). The van der Waals surface area contributed by atoms with Crippen molar-refractivity contribution in [2.24, 2.45) is 0 Å². The first-order valence-corrected chi connectivity index (χ1v) is 5.81. The number of amides is 1. The van der Waals surface area contributed by atoms with Crippen molar-refractivity contribution in [1.82, 2.24) is 5.32 Å². The lowest BCUT2D eigenvalue weighted by Gasteiger charge is -2.13. The lowest BCUT2D eigenvalue weighted by Crippen LogP contribution is -2.42. The van der Waals surface area contributed by atoms with Crippen LogP contribution in [0.15, 0.2) is 22.7 Å². The summed E-state index contributed by atoms with van der Waals surface area (Å²) in [4.78, 5) is 33.0. The third kappa shape index (κ3) is 4.32. The van der Waals surface area contributed by atoms with Crippen molar-refractivity contribution < 1.29 is 29.0 Å². The molecule has 0 heterocycles. The van der Waals surface area contributed by atoms with E-state index in [9.17, 15) is 18.8 Å². The zero-order valence-electron chi connectivity index (χ0n) is 9.39. The van der Waals surface area contributed by atoms with Gasteiger partial charge in [-0.15, -0.1) is 0 Å². The Balaban J connectivity index is 2.90. The predicted octanol–water partition coefficient (Wildman–Crippen LogP) is 1.25. The lowest BCUT2D eigenvalue weighted by atomic mass is 10.1. The van der Waals surface area contributed by atoms with Gasteiger partial charge in [0.05, 0.1) is 12.0 Å². The van der Waals surface area contributed by atoms with Gasteiger partial charge in [0, 0.05) is 4.47 Å². The van der Waals surface area contributed by atoms with E-state index in [0.29, 0.717) is 0 Å². The minimum atomic E-state index is -1.58. The van der Waals surface area contributed by atoms with Crippen molar-refractivity contribution in [3.8, 4) is 0 Å². The van der Waals surface area contributed by atoms with Gasteiger partial charge in [-0.05, 0) is 34.1 Å². The van der Waals surface area contributed by atoms with Crippen molar-refractivity contribution in [2.75, 3.05) is 0 Å². The summed E-state index contributed by atoms with van der Waals surface area (Å²) < 4.78 is 13.3. The van der Waals surface area contributed by atoms with E-state index in [4.69, 9.17) is 10.2 Å². The van der Waals surface area contributed by atoms with Crippen LogP contribution in [0.25, 0.3) is 0 Å². The summed E-state index contributed by atoms with van der Waals surface area (Å²) in [5.74, 6) is -4.40. The normalized spacial score (nSPS) is 11.7. The topological polar surface area (TPSA) is 104 Å². The summed E-state index contributed by atoms with van der Waals surface area (Å²) in [6.45, 7) is 0. The molecule has 0 saturated heterocycles. The number of aliphatic carboxylic acids is 2. The third-order valence-electron chi connectivity index (χ3n) is 2.16. The minimum absolute atomic E-state index is 0.114. The van der Waals surface area contributed by atoms with Crippen LogP contribution in [-0.4, -0.2) is 34.1 Å². The lowest BCUT2D eigenvalue weighted by molar-refractivity contribution is -0.145. The maximum Gasteiger partial charge on any atom is 0.326 e. The molecule has 1 unspecified atom stereocenters. The highest BCUT2D eigenvalue weighted by Gasteiger charge is 2.24. The molecule has 1 atom stereocenters. The van der Waals surface area contributed by atoms with Crippen molar-refractivity contribution in [3.63, 3.8) is 0 Å². The van der Waals surface area contributed by atoms with Crippen molar-refractivity contribution >= 4 is 33.8 Å². The summed E-state index contributed by atoms with van der Waals surface area (Å²) in [7, 11) is 0. The highest BCUT2D eigenvalue weighted by molar-refractivity contribution is 9.10. The molecule has 0 aromatic heterocycles. The molecule has 0 radical (unpaired) electrons. The molecule has 1 aromatic carbocycles. The second kappa shape index (κ2) is 6.28. The molecule has 8 heteroatoms. The highest BCUT2D eigenvalue weighted by atomic mass is 79.9. The number of carboxylic acid groups (broad SMARTS) is 2. The Bertz CT molecular complexity index is 534. The van der Waals surface area contributed by atoms with Gasteiger partial charge in [0.1, 0.15) is 11.9 Å². The van der Waals surface area contributed by atoms with Gasteiger partial charge in [0.15, 0.2) is 0 Å². The van der Waals surface area contributed by atoms with E-state index in [1.807, 2.05) is 5.32 Å². The van der Waals surface area contributed by atoms with Crippen molar-refractivity contribution in [3.05, 3.63) is 34.1 Å². The van der Waals surface area contributed by atoms with Crippen LogP contribution in [0.4, 0.5) is 4.39 Å². The average Bonchev–Trinajstić information content (AvgIpc) is 2.30. The fourth-order valence-electron chi connectivity index (χ4n) is 1.28. The SMILES string of the molecule is O=C(O)CC(NC(=O)c1cc(F)ccc1Br)C(=O)O. The molecule has 1 aromatic rings. The molecule has 19 heavy (non-hydrogen) atoms. The Kier molecular flexibility index (Phi) is 4.99. The van der Waals surface area contributed by atoms with Crippen molar-refractivity contribution in [1.29, 1.82) is 0 Å². The molecule has 0 bridgehead atoms. The summed E-state index contributed by atoms with van der Waals surface area (Å²) in [6, 6.07) is 1.74. The Morgan fingerprint density at radius 3 is 2.47 bits per heavy atom. The van der Waals surface area contributed by atoms with E-state index in [0.717, 1.165) is 12.1 Å². The van der Waals surface area contributed by atoms with Gasteiger partial charge in [0.2, 0.25) is 0 Å².